The van der Waals surface area contributed by atoms with Gasteiger partial charge in [0.2, 0.25) is 5.95 Å². The summed E-state index contributed by atoms with van der Waals surface area (Å²) < 4.78 is 0.942. The molecular formula is C41H28BrN3O. The minimum Gasteiger partial charge on any atom is -0.376 e. The molecule has 0 bridgehead atoms. The van der Waals surface area contributed by atoms with Crippen LogP contribution in [0, 0.1) is 0 Å². The Morgan fingerprint density at radius 1 is 0.522 bits per heavy atom. The summed E-state index contributed by atoms with van der Waals surface area (Å²) in [5.41, 5.74) is 8.22. The molecule has 0 aliphatic heterocycles. The van der Waals surface area contributed by atoms with E-state index in [-0.39, 0.29) is 0 Å². The Kier molecular flexibility index (Phi) is 7.05. The Bertz CT molecular complexity index is 2130. The molecule has 0 radical (unpaired) electrons. The van der Waals surface area contributed by atoms with Crippen molar-refractivity contribution in [1.82, 2.24) is 9.97 Å². The quantitative estimate of drug-likeness (QED) is 0.193. The second-order valence-corrected chi connectivity index (χ2v) is 12.1. The molecule has 220 valence electrons. The Morgan fingerprint density at radius 2 is 1.04 bits per heavy atom. The number of nitrogens with zero attached hydrogens (tertiary/aromatic N) is 3. The summed E-state index contributed by atoms with van der Waals surface area (Å²) in [7, 11) is 0. The minimum absolute atomic E-state index is 0.503. The molecule has 0 saturated heterocycles. The van der Waals surface area contributed by atoms with Crippen molar-refractivity contribution in [3.8, 4) is 33.6 Å². The van der Waals surface area contributed by atoms with Gasteiger partial charge in [-0.05, 0) is 35.9 Å². The first-order valence-corrected chi connectivity index (χ1v) is 16.0. The van der Waals surface area contributed by atoms with Crippen LogP contribution in [-0.4, -0.2) is 15.1 Å². The highest BCUT2D eigenvalue weighted by molar-refractivity contribution is 9.10. The maximum atomic E-state index is 13.1. The normalized spacial score (nSPS) is 14.8. The second kappa shape index (κ2) is 11.5. The lowest BCUT2D eigenvalue weighted by molar-refractivity contribution is 0.131. The van der Waals surface area contributed by atoms with Gasteiger partial charge in [-0.15, -0.1) is 0 Å². The molecule has 0 fully saturated rings. The summed E-state index contributed by atoms with van der Waals surface area (Å²) in [5, 5.41) is 13.1. The van der Waals surface area contributed by atoms with Crippen LogP contribution in [0.5, 0.6) is 0 Å². The number of anilines is 3. The molecule has 1 atom stereocenters. The third-order valence-electron chi connectivity index (χ3n) is 8.59. The van der Waals surface area contributed by atoms with Gasteiger partial charge in [-0.2, -0.15) is 0 Å². The first-order valence-electron chi connectivity index (χ1n) is 15.2. The van der Waals surface area contributed by atoms with Gasteiger partial charge >= 0.3 is 0 Å². The molecule has 8 rings (SSSR count). The number of halogens is 1. The predicted octanol–water partition coefficient (Wildman–Crippen LogP) is 10.3. The van der Waals surface area contributed by atoms with Crippen molar-refractivity contribution in [2.45, 2.75) is 5.60 Å². The summed E-state index contributed by atoms with van der Waals surface area (Å²) in [6, 6.07) is 54.7. The average molecular weight is 659 g/mol. The maximum absolute atomic E-state index is 13.1. The average Bonchev–Trinajstić information content (AvgIpc) is 3.39. The molecular weight excluding hydrogens is 630 g/mol. The van der Waals surface area contributed by atoms with Crippen molar-refractivity contribution in [2.75, 3.05) is 4.90 Å². The fraction of sp³-hybridized carbons (Fsp3) is 0.0244. The second-order valence-electron chi connectivity index (χ2n) is 11.3. The number of hydrogen-bond donors (Lipinski definition) is 1. The van der Waals surface area contributed by atoms with Crippen LogP contribution in [0.4, 0.5) is 17.3 Å². The molecule has 1 unspecified atom stereocenters. The van der Waals surface area contributed by atoms with Gasteiger partial charge in [0.1, 0.15) is 5.60 Å². The zero-order chi connectivity index (χ0) is 31.1. The van der Waals surface area contributed by atoms with Crippen LogP contribution in [0.3, 0.4) is 0 Å². The molecule has 1 aliphatic carbocycles. The molecule has 1 aromatic heterocycles. The SMILES string of the molecule is OC1(c2ccccc2N(c2ccccc2)c2nc(-c3ccccc3)cc(-c3ccccc3)n2)c2ccccc2-c2c(Br)cccc21. The molecule has 0 amide bonds. The topological polar surface area (TPSA) is 49.2 Å². The Labute approximate surface area is 276 Å². The number of hydrogen-bond acceptors (Lipinski definition) is 4. The Hall–Kier alpha value is -5.36. The molecule has 1 N–H and O–H groups in total. The van der Waals surface area contributed by atoms with Gasteiger partial charge in [-0.3, -0.25) is 4.90 Å². The standard InChI is InChI=1S/C41H28BrN3O/c42-35-25-14-24-34-39(35)31-21-10-11-22-32(31)41(34,46)33-23-12-13-26-38(33)45(30-19-8-3-9-20-30)40-43-36(28-15-4-1-5-16-28)27-37(44-40)29-17-6-2-7-18-29/h1-27,46H. The van der Waals surface area contributed by atoms with E-state index in [0.717, 1.165) is 66.2 Å². The van der Waals surface area contributed by atoms with Gasteiger partial charge in [-0.1, -0.05) is 149 Å². The van der Waals surface area contributed by atoms with E-state index in [2.05, 4.69) is 63.3 Å². The number of rotatable bonds is 6. The van der Waals surface area contributed by atoms with E-state index in [9.17, 15) is 5.11 Å². The van der Waals surface area contributed by atoms with E-state index in [1.165, 1.54) is 0 Å². The van der Waals surface area contributed by atoms with E-state index in [1.54, 1.807) is 0 Å². The van der Waals surface area contributed by atoms with E-state index in [0.29, 0.717) is 5.95 Å². The van der Waals surface area contributed by atoms with Crippen LogP contribution in [0.15, 0.2) is 168 Å². The number of para-hydroxylation sites is 2. The molecule has 6 aromatic carbocycles. The molecule has 4 nitrogen and oxygen atoms in total. The highest BCUT2D eigenvalue weighted by atomic mass is 79.9. The van der Waals surface area contributed by atoms with Crippen LogP contribution in [0.1, 0.15) is 16.7 Å². The van der Waals surface area contributed by atoms with Crippen molar-refractivity contribution >= 4 is 33.3 Å². The lowest BCUT2D eigenvalue weighted by atomic mass is 9.83. The van der Waals surface area contributed by atoms with Crippen molar-refractivity contribution in [1.29, 1.82) is 0 Å². The third-order valence-corrected chi connectivity index (χ3v) is 9.25. The Balaban J connectivity index is 1.41. The summed E-state index contributed by atoms with van der Waals surface area (Å²) in [6.07, 6.45) is 0. The number of fused-ring (bicyclic) bond motifs is 3. The summed E-state index contributed by atoms with van der Waals surface area (Å²) >= 11 is 3.78. The Morgan fingerprint density at radius 3 is 1.70 bits per heavy atom. The van der Waals surface area contributed by atoms with Crippen LogP contribution >= 0.6 is 15.9 Å². The van der Waals surface area contributed by atoms with Gasteiger partial charge < -0.3 is 5.11 Å². The summed E-state index contributed by atoms with van der Waals surface area (Å²) in [5.74, 6) is 0.503. The molecule has 1 aliphatic rings. The molecule has 7 aromatic rings. The zero-order valence-corrected chi connectivity index (χ0v) is 26.3. The van der Waals surface area contributed by atoms with Gasteiger partial charge in [0, 0.05) is 43.5 Å². The van der Waals surface area contributed by atoms with Gasteiger partial charge in [-0.25, -0.2) is 9.97 Å². The van der Waals surface area contributed by atoms with E-state index in [1.807, 2.05) is 121 Å². The van der Waals surface area contributed by atoms with Gasteiger partial charge in [0.25, 0.3) is 0 Å². The predicted molar refractivity (Wildman–Crippen MR) is 189 cm³/mol. The van der Waals surface area contributed by atoms with E-state index < -0.39 is 5.60 Å². The van der Waals surface area contributed by atoms with Crippen molar-refractivity contribution in [3.05, 3.63) is 185 Å². The molecule has 46 heavy (non-hydrogen) atoms. The van der Waals surface area contributed by atoms with Crippen molar-refractivity contribution < 1.29 is 5.11 Å². The third kappa shape index (κ3) is 4.64. The van der Waals surface area contributed by atoms with E-state index >= 15 is 0 Å². The van der Waals surface area contributed by atoms with Gasteiger partial charge in [0.15, 0.2) is 0 Å². The first kappa shape index (κ1) is 28.1. The zero-order valence-electron chi connectivity index (χ0n) is 24.8. The fourth-order valence-electron chi connectivity index (χ4n) is 6.51. The largest absolute Gasteiger partial charge is 0.376 e. The number of aromatic nitrogens is 2. The minimum atomic E-state index is -1.43. The van der Waals surface area contributed by atoms with Crippen LogP contribution in [-0.2, 0) is 5.60 Å². The summed E-state index contributed by atoms with van der Waals surface area (Å²) in [6.45, 7) is 0. The van der Waals surface area contributed by atoms with Gasteiger partial charge in [0.05, 0.1) is 17.1 Å². The number of benzene rings is 6. The molecule has 0 saturated carbocycles. The highest BCUT2D eigenvalue weighted by Gasteiger charge is 2.45. The molecule has 0 spiro atoms. The first-order chi connectivity index (χ1) is 22.6. The lowest BCUT2D eigenvalue weighted by Crippen LogP contribution is -2.29. The monoisotopic (exact) mass is 657 g/mol. The highest BCUT2D eigenvalue weighted by Crippen LogP contribution is 2.55. The molecule has 1 heterocycles. The van der Waals surface area contributed by atoms with Crippen molar-refractivity contribution in [2.24, 2.45) is 0 Å². The fourth-order valence-corrected chi connectivity index (χ4v) is 7.09. The van der Waals surface area contributed by atoms with Crippen LogP contribution < -0.4 is 4.90 Å². The smallest absolute Gasteiger partial charge is 0.235 e. The van der Waals surface area contributed by atoms with Crippen LogP contribution in [0.25, 0.3) is 33.6 Å². The van der Waals surface area contributed by atoms with Crippen LogP contribution in [0.2, 0.25) is 0 Å². The lowest BCUT2D eigenvalue weighted by Gasteiger charge is -2.33. The number of aliphatic hydroxyl groups is 1. The van der Waals surface area contributed by atoms with E-state index in [4.69, 9.17) is 9.97 Å². The van der Waals surface area contributed by atoms with Crippen molar-refractivity contribution in [3.63, 3.8) is 0 Å². The molecule has 5 heteroatoms. The summed E-state index contributed by atoms with van der Waals surface area (Å²) in [4.78, 5) is 12.5. The maximum Gasteiger partial charge on any atom is 0.235 e.